The Morgan fingerprint density at radius 3 is 1.89 bits per heavy atom. The summed E-state index contributed by atoms with van der Waals surface area (Å²) in [5.74, 6) is 0. The van der Waals surface area contributed by atoms with E-state index >= 15 is 0 Å². The highest BCUT2D eigenvalue weighted by molar-refractivity contribution is 6.22. The SMILES string of the molecule is CN1c2cc(-c3cccnc3)ccc2-c2ccc3c4c(ccc1c24)Nc1cc(-c2cccnc2)ccc1-3. The summed E-state index contributed by atoms with van der Waals surface area (Å²) in [7, 11) is 2.17. The molecule has 4 nitrogen and oxygen atoms in total. The maximum Gasteiger partial charge on any atom is 0.0496 e. The van der Waals surface area contributed by atoms with Crippen LogP contribution in [0, 0.1) is 0 Å². The molecule has 174 valence electrons. The number of fused-ring (bicyclic) bond motifs is 4. The van der Waals surface area contributed by atoms with Crippen molar-refractivity contribution in [3.8, 4) is 44.5 Å². The molecule has 0 aliphatic carbocycles. The molecular weight excluding hydrogens is 452 g/mol. The third kappa shape index (κ3) is 2.90. The van der Waals surface area contributed by atoms with Crippen LogP contribution in [0.5, 0.6) is 0 Å². The molecule has 37 heavy (non-hydrogen) atoms. The van der Waals surface area contributed by atoms with Gasteiger partial charge in [0.15, 0.2) is 0 Å². The first kappa shape index (κ1) is 20.3. The molecule has 4 aromatic carbocycles. The van der Waals surface area contributed by atoms with Gasteiger partial charge in [-0.05, 0) is 58.7 Å². The molecule has 6 aromatic rings. The summed E-state index contributed by atoms with van der Waals surface area (Å²) in [6, 6.07) is 30.6. The van der Waals surface area contributed by atoms with Gasteiger partial charge in [0.05, 0.1) is 0 Å². The van der Waals surface area contributed by atoms with E-state index in [1.54, 1.807) is 0 Å². The molecule has 4 heterocycles. The quantitative estimate of drug-likeness (QED) is 0.273. The van der Waals surface area contributed by atoms with Crippen LogP contribution >= 0.6 is 0 Å². The molecule has 2 aliphatic rings. The van der Waals surface area contributed by atoms with Crippen molar-refractivity contribution in [3.63, 3.8) is 0 Å². The fourth-order valence-corrected chi connectivity index (χ4v) is 5.93. The normalized spacial score (nSPS) is 12.6. The molecule has 0 unspecified atom stereocenters. The predicted molar refractivity (Wildman–Crippen MR) is 153 cm³/mol. The Hall–Kier alpha value is -4.96. The maximum atomic E-state index is 4.31. The second-order valence-electron chi connectivity index (χ2n) is 9.70. The van der Waals surface area contributed by atoms with Gasteiger partial charge in [-0.2, -0.15) is 0 Å². The highest BCUT2D eigenvalue weighted by atomic mass is 15.1. The average Bonchev–Trinajstić information content (AvgIpc) is 2.97. The van der Waals surface area contributed by atoms with Crippen LogP contribution in [0.2, 0.25) is 0 Å². The monoisotopic (exact) mass is 474 g/mol. The van der Waals surface area contributed by atoms with E-state index in [0.29, 0.717) is 0 Å². The van der Waals surface area contributed by atoms with Crippen molar-refractivity contribution in [2.45, 2.75) is 0 Å². The fourth-order valence-electron chi connectivity index (χ4n) is 5.93. The van der Waals surface area contributed by atoms with Gasteiger partial charge in [0.2, 0.25) is 0 Å². The zero-order chi connectivity index (χ0) is 24.5. The standard InChI is InChI=1S/C33H22N4/c1-37-30-13-12-28-32-26(24-8-6-20(16-29(24)36-28)22-4-2-14-34-18-22)10-11-27(33(30)32)25-9-7-21(17-31(25)37)23-5-3-15-35-19-23/h2-19,36H,1H3. The molecule has 2 aliphatic heterocycles. The Kier molecular flexibility index (Phi) is 4.12. The molecule has 0 saturated carbocycles. The molecule has 0 saturated heterocycles. The molecule has 4 heteroatoms. The fraction of sp³-hybridized carbons (Fsp3) is 0.0303. The Morgan fingerprint density at radius 2 is 1.19 bits per heavy atom. The topological polar surface area (TPSA) is 41.1 Å². The Balaban J connectivity index is 1.32. The molecule has 2 aromatic heterocycles. The van der Waals surface area contributed by atoms with Gasteiger partial charge in [0.25, 0.3) is 0 Å². The third-order valence-corrected chi connectivity index (χ3v) is 7.72. The molecule has 0 bridgehead atoms. The van der Waals surface area contributed by atoms with Gasteiger partial charge in [-0.1, -0.05) is 48.5 Å². The number of nitrogens with one attached hydrogen (secondary N) is 1. The molecule has 0 atom stereocenters. The van der Waals surface area contributed by atoms with Crippen LogP contribution in [0.25, 0.3) is 55.3 Å². The zero-order valence-corrected chi connectivity index (χ0v) is 20.2. The van der Waals surface area contributed by atoms with E-state index in [2.05, 4.69) is 100 Å². The predicted octanol–water partition coefficient (Wildman–Crippen LogP) is 8.44. The minimum Gasteiger partial charge on any atom is -0.354 e. The Labute approximate surface area is 214 Å². The van der Waals surface area contributed by atoms with E-state index in [-0.39, 0.29) is 0 Å². The number of hydrogen-bond acceptors (Lipinski definition) is 4. The maximum absolute atomic E-state index is 4.31. The van der Waals surface area contributed by atoms with Gasteiger partial charge < -0.3 is 10.2 Å². The van der Waals surface area contributed by atoms with Crippen LogP contribution in [0.15, 0.2) is 110 Å². The number of rotatable bonds is 2. The summed E-state index contributed by atoms with van der Waals surface area (Å²) >= 11 is 0. The number of pyridine rings is 2. The third-order valence-electron chi connectivity index (χ3n) is 7.72. The van der Waals surface area contributed by atoms with Crippen LogP contribution in [0.3, 0.4) is 0 Å². The molecule has 0 spiro atoms. The van der Waals surface area contributed by atoms with Crippen LogP contribution in [-0.2, 0) is 0 Å². The summed E-state index contributed by atoms with van der Waals surface area (Å²) in [5, 5.41) is 6.32. The van der Waals surface area contributed by atoms with E-state index in [0.717, 1.165) is 28.1 Å². The summed E-state index contributed by atoms with van der Waals surface area (Å²) in [6.07, 6.45) is 7.46. The van der Waals surface area contributed by atoms with Crippen LogP contribution < -0.4 is 10.2 Å². The van der Waals surface area contributed by atoms with Crippen LogP contribution in [0.4, 0.5) is 22.7 Å². The molecule has 8 rings (SSSR count). The number of aromatic nitrogens is 2. The average molecular weight is 475 g/mol. The zero-order valence-electron chi connectivity index (χ0n) is 20.2. The van der Waals surface area contributed by atoms with Crippen LogP contribution in [0.1, 0.15) is 0 Å². The van der Waals surface area contributed by atoms with Crippen molar-refractivity contribution in [2.24, 2.45) is 0 Å². The van der Waals surface area contributed by atoms with Crippen molar-refractivity contribution in [1.82, 2.24) is 9.97 Å². The smallest absolute Gasteiger partial charge is 0.0496 e. The highest BCUT2D eigenvalue weighted by Crippen LogP contribution is 2.54. The van der Waals surface area contributed by atoms with Gasteiger partial charge in [0.1, 0.15) is 0 Å². The van der Waals surface area contributed by atoms with Gasteiger partial charge in [-0.25, -0.2) is 0 Å². The largest absolute Gasteiger partial charge is 0.354 e. The summed E-state index contributed by atoms with van der Waals surface area (Å²) in [4.78, 5) is 10.9. The van der Waals surface area contributed by atoms with E-state index in [1.165, 1.54) is 50.0 Å². The lowest BCUT2D eigenvalue weighted by atomic mass is 9.84. The number of benzene rings is 4. The van der Waals surface area contributed by atoms with E-state index < -0.39 is 0 Å². The minimum atomic E-state index is 1.12. The van der Waals surface area contributed by atoms with Crippen molar-refractivity contribution in [2.75, 3.05) is 17.3 Å². The second kappa shape index (κ2) is 7.52. The molecular formula is C33H22N4. The first-order chi connectivity index (χ1) is 18.3. The van der Waals surface area contributed by atoms with Crippen molar-refractivity contribution in [1.29, 1.82) is 0 Å². The van der Waals surface area contributed by atoms with E-state index in [1.807, 2.05) is 36.9 Å². The number of anilines is 4. The second-order valence-corrected chi connectivity index (χ2v) is 9.70. The molecule has 0 amide bonds. The van der Waals surface area contributed by atoms with Gasteiger partial charge in [0, 0.05) is 87.6 Å². The molecule has 0 fully saturated rings. The van der Waals surface area contributed by atoms with Gasteiger partial charge in [-0.3, -0.25) is 9.97 Å². The van der Waals surface area contributed by atoms with Gasteiger partial charge in [-0.15, -0.1) is 0 Å². The van der Waals surface area contributed by atoms with Crippen molar-refractivity contribution in [3.05, 3.63) is 110 Å². The minimum absolute atomic E-state index is 1.12. The summed E-state index contributed by atoms with van der Waals surface area (Å²) in [6.45, 7) is 0. The first-order valence-corrected chi connectivity index (χ1v) is 12.5. The lowest BCUT2D eigenvalue weighted by molar-refractivity contribution is 1.21. The van der Waals surface area contributed by atoms with Crippen LogP contribution in [-0.4, -0.2) is 17.0 Å². The summed E-state index contributed by atoms with van der Waals surface area (Å²) < 4.78 is 0. The molecule has 1 N–H and O–H groups in total. The van der Waals surface area contributed by atoms with Gasteiger partial charge >= 0.3 is 0 Å². The highest BCUT2D eigenvalue weighted by Gasteiger charge is 2.28. The Morgan fingerprint density at radius 1 is 0.541 bits per heavy atom. The summed E-state index contributed by atoms with van der Waals surface area (Å²) in [5.41, 5.74) is 14.3. The first-order valence-electron chi connectivity index (χ1n) is 12.5. The van der Waals surface area contributed by atoms with Crippen molar-refractivity contribution < 1.29 is 0 Å². The molecule has 0 radical (unpaired) electrons. The van der Waals surface area contributed by atoms with Crippen molar-refractivity contribution >= 4 is 33.5 Å². The Bertz CT molecular complexity index is 1860. The number of hydrogen-bond donors (Lipinski definition) is 1. The lowest BCUT2D eigenvalue weighted by Crippen LogP contribution is -2.16. The van der Waals surface area contributed by atoms with E-state index in [4.69, 9.17) is 0 Å². The lowest BCUT2D eigenvalue weighted by Gasteiger charge is -2.33. The number of nitrogens with zero attached hydrogens (tertiary/aromatic N) is 3. The van der Waals surface area contributed by atoms with E-state index in [9.17, 15) is 0 Å².